The Bertz CT molecular complexity index is 499. The highest BCUT2D eigenvalue weighted by Gasteiger charge is 2.17. The van der Waals surface area contributed by atoms with Crippen LogP contribution in [-0.4, -0.2) is 36.3 Å². The number of nitrogens with zero attached hydrogens (tertiary/aromatic N) is 1. The zero-order chi connectivity index (χ0) is 13.1. The van der Waals surface area contributed by atoms with E-state index in [1.54, 1.807) is 7.11 Å². The van der Waals surface area contributed by atoms with E-state index >= 15 is 0 Å². The van der Waals surface area contributed by atoms with Gasteiger partial charge >= 0.3 is 6.09 Å². The molecule has 0 unspecified atom stereocenters. The summed E-state index contributed by atoms with van der Waals surface area (Å²) in [5.74, 6) is 0.643. The molecule has 1 amide bonds. The summed E-state index contributed by atoms with van der Waals surface area (Å²) in [6.07, 6.45) is 1.75. The van der Waals surface area contributed by atoms with Gasteiger partial charge in [0.25, 0.3) is 0 Å². The number of carbonyl (C=O) groups is 1. The van der Waals surface area contributed by atoms with Gasteiger partial charge in [-0.2, -0.15) is 0 Å². The summed E-state index contributed by atoms with van der Waals surface area (Å²) in [7, 11) is 1.57. The van der Waals surface area contributed by atoms with Crippen LogP contribution in [0.4, 0.5) is 4.79 Å². The van der Waals surface area contributed by atoms with Gasteiger partial charge in [-0.25, -0.2) is 4.79 Å². The Morgan fingerprint density at radius 3 is 2.78 bits per heavy atom. The first-order valence-electron chi connectivity index (χ1n) is 5.62. The Kier molecular flexibility index (Phi) is 3.77. The third-order valence-electron chi connectivity index (χ3n) is 3.00. The molecule has 1 N–H and O–H groups in total. The fourth-order valence-corrected chi connectivity index (χ4v) is 2.23. The van der Waals surface area contributed by atoms with E-state index in [0.717, 1.165) is 11.1 Å². The van der Waals surface area contributed by atoms with Crippen molar-refractivity contribution >= 4 is 23.3 Å². The van der Waals surface area contributed by atoms with Gasteiger partial charge in [0.05, 0.1) is 12.1 Å². The molecule has 0 saturated heterocycles. The third kappa shape index (κ3) is 2.59. The Balaban J connectivity index is 2.18. The van der Waals surface area contributed by atoms with Crippen molar-refractivity contribution in [2.75, 3.05) is 20.2 Å². The monoisotopic (exact) mass is 267 g/mol. The predicted octanol–water partition coefficient (Wildman–Crippen LogP) is 3.12. The number of halogens is 1. The second kappa shape index (κ2) is 5.31. The molecule has 1 aliphatic rings. The van der Waals surface area contributed by atoms with Crippen molar-refractivity contribution < 1.29 is 14.6 Å². The summed E-state index contributed by atoms with van der Waals surface area (Å²) >= 11 is 6.07. The molecule has 0 spiro atoms. The number of ether oxygens (including phenoxy) is 1. The van der Waals surface area contributed by atoms with Crippen LogP contribution < -0.4 is 4.74 Å². The molecule has 0 aliphatic carbocycles. The minimum atomic E-state index is -0.877. The second-order valence-electron chi connectivity index (χ2n) is 4.06. The summed E-state index contributed by atoms with van der Waals surface area (Å²) in [5.41, 5.74) is 2.14. The van der Waals surface area contributed by atoms with Crippen molar-refractivity contribution in [2.24, 2.45) is 0 Å². The smallest absolute Gasteiger partial charge is 0.407 e. The molecule has 1 heterocycles. The largest absolute Gasteiger partial charge is 0.495 e. The SMILES string of the molecule is COc1ccc(C2=CCN(C(=O)O)CC2)cc1Cl. The van der Waals surface area contributed by atoms with Crippen LogP contribution in [0, 0.1) is 0 Å². The normalized spacial score (nSPS) is 15.2. The zero-order valence-corrected chi connectivity index (χ0v) is 10.8. The average molecular weight is 268 g/mol. The first-order valence-corrected chi connectivity index (χ1v) is 6.00. The molecule has 0 atom stereocenters. The van der Waals surface area contributed by atoms with Gasteiger partial charge in [-0.1, -0.05) is 23.7 Å². The van der Waals surface area contributed by atoms with Crippen molar-refractivity contribution in [1.82, 2.24) is 4.90 Å². The maximum absolute atomic E-state index is 10.8. The molecule has 5 heteroatoms. The highest BCUT2D eigenvalue weighted by atomic mass is 35.5. The van der Waals surface area contributed by atoms with Crippen molar-refractivity contribution in [3.63, 3.8) is 0 Å². The standard InChI is InChI=1S/C13H14ClNO3/c1-18-12-3-2-10(8-11(12)14)9-4-6-15(7-5-9)13(16)17/h2-4,8H,5-7H2,1H3,(H,16,17). The van der Waals surface area contributed by atoms with Crippen molar-refractivity contribution in [3.05, 3.63) is 34.9 Å². The Hall–Kier alpha value is -1.68. The van der Waals surface area contributed by atoms with Crippen LogP contribution in [0.5, 0.6) is 5.75 Å². The second-order valence-corrected chi connectivity index (χ2v) is 4.46. The lowest BCUT2D eigenvalue weighted by Gasteiger charge is -2.24. The van der Waals surface area contributed by atoms with Crippen LogP contribution in [0.25, 0.3) is 5.57 Å². The molecule has 0 fully saturated rings. The quantitative estimate of drug-likeness (QED) is 0.896. The first-order chi connectivity index (χ1) is 8.61. The Labute approximate surface area is 110 Å². The fraction of sp³-hybridized carbons (Fsp3) is 0.308. The molecular formula is C13H14ClNO3. The van der Waals surface area contributed by atoms with Gasteiger partial charge in [-0.15, -0.1) is 0 Å². The van der Waals surface area contributed by atoms with Gasteiger partial charge in [0.1, 0.15) is 5.75 Å². The van der Waals surface area contributed by atoms with Crippen molar-refractivity contribution in [3.8, 4) is 5.75 Å². The minimum Gasteiger partial charge on any atom is -0.495 e. The van der Waals surface area contributed by atoms with Gasteiger partial charge in [-0.3, -0.25) is 0 Å². The van der Waals surface area contributed by atoms with Crippen LogP contribution in [0.15, 0.2) is 24.3 Å². The van der Waals surface area contributed by atoms with Gasteiger partial charge in [0.15, 0.2) is 0 Å². The van der Waals surface area contributed by atoms with E-state index in [4.69, 9.17) is 21.4 Å². The van der Waals surface area contributed by atoms with E-state index < -0.39 is 6.09 Å². The van der Waals surface area contributed by atoms with E-state index in [9.17, 15) is 4.79 Å². The number of benzene rings is 1. The molecular weight excluding hydrogens is 254 g/mol. The van der Waals surface area contributed by atoms with E-state index in [1.807, 2.05) is 24.3 Å². The molecule has 1 aliphatic heterocycles. The third-order valence-corrected chi connectivity index (χ3v) is 3.30. The zero-order valence-electron chi connectivity index (χ0n) is 10.0. The summed E-state index contributed by atoms with van der Waals surface area (Å²) < 4.78 is 5.10. The average Bonchev–Trinajstić information content (AvgIpc) is 2.38. The van der Waals surface area contributed by atoms with Crippen molar-refractivity contribution in [1.29, 1.82) is 0 Å². The minimum absolute atomic E-state index is 0.425. The number of carboxylic acid groups (broad SMARTS) is 1. The molecule has 4 nitrogen and oxygen atoms in total. The molecule has 0 aromatic heterocycles. The van der Waals surface area contributed by atoms with Gasteiger partial charge in [0.2, 0.25) is 0 Å². The van der Waals surface area contributed by atoms with Crippen LogP contribution in [0.3, 0.4) is 0 Å². The van der Waals surface area contributed by atoms with Crippen LogP contribution >= 0.6 is 11.6 Å². The highest BCUT2D eigenvalue weighted by molar-refractivity contribution is 6.32. The van der Waals surface area contributed by atoms with E-state index in [-0.39, 0.29) is 0 Å². The lowest BCUT2D eigenvalue weighted by Crippen LogP contribution is -2.33. The molecule has 0 radical (unpaired) electrons. The molecule has 1 aromatic carbocycles. The Morgan fingerprint density at radius 2 is 2.28 bits per heavy atom. The van der Waals surface area contributed by atoms with Crippen LogP contribution in [-0.2, 0) is 0 Å². The van der Waals surface area contributed by atoms with Crippen LogP contribution in [0.1, 0.15) is 12.0 Å². The summed E-state index contributed by atoms with van der Waals surface area (Å²) in [4.78, 5) is 12.2. The molecule has 1 aromatic rings. The molecule has 2 rings (SSSR count). The van der Waals surface area contributed by atoms with Gasteiger partial charge < -0.3 is 14.7 Å². The maximum atomic E-state index is 10.8. The van der Waals surface area contributed by atoms with Crippen molar-refractivity contribution in [2.45, 2.75) is 6.42 Å². The van der Waals surface area contributed by atoms with Gasteiger partial charge in [-0.05, 0) is 29.7 Å². The number of hydrogen-bond acceptors (Lipinski definition) is 2. The first kappa shape index (κ1) is 12.8. The Morgan fingerprint density at radius 1 is 1.50 bits per heavy atom. The van der Waals surface area contributed by atoms with Gasteiger partial charge in [0, 0.05) is 13.1 Å². The summed E-state index contributed by atoms with van der Waals surface area (Å²) in [5, 5.41) is 9.43. The van der Waals surface area contributed by atoms with E-state index in [1.165, 1.54) is 4.90 Å². The van der Waals surface area contributed by atoms with Crippen LogP contribution in [0.2, 0.25) is 5.02 Å². The number of hydrogen-bond donors (Lipinski definition) is 1. The number of methoxy groups -OCH3 is 1. The molecule has 18 heavy (non-hydrogen) atoms. The summed E-state index contributed by atoms with van der Waals surface area (Å²) in [6.45, 7) is 0.944. The topological polar surface area (TPSA) is 49.8 Å². The lowest BCUT2D eigenvalue weighted by atomic mass is 9.99. The highest BCUT2D eigenvalue weighted by Crippen LogP contribution is 2.30. The lowest BCUT2D eigenvalue weighted by molar-refractivity contribution is 0.150. The fourth-order valence-electron chi connectivity index (χ4n) is 1.97. The molecule has 96 valence electrons. The summed E-state index contributed by atoms with van der Waals surface area (Å²) in [6, 6.07) is 5.61. The number of rotatable bonds is 2. The molecule has 0 saturated carbocycles. The van der Waals surface area contributed by atoms with E-state index in [2.05, 4.69) is 0 Å². The van der Waals surface area contributed by atoms with E-state index in [0.29, 0.717) is 30.3 Å². The predicted molar refractivity (Wildman–Crippen MR) is 70.2 cm³/mol. The number of amides is 1. The maximum Gasteiger partial charge on any atom is 0.407 e. The molecule has 0 bridgehead atoms.